The lowest BCUT2D eigenvalue weighted by Gasteiger charge is -2.31. The molecule has 0 saturated carbocycles. The molecule has 21 heavy (non-hydrogen) atoms. The summed E-state index contributed by atoms with van der Waals surface area (Å²) in [6.07, 6.45) is 3.06. The maximum absolute atomic E-state index is 11.9. The minimum atomic E-state index is -0.149. The zero-order valence-corrected chi connectivity index (χ0v) is 14.4. The highest BCUT2D eigenvalue weighted by molar-refractivity contribution is 9.10. The van der Waals surface area contributed by atoms with Crippen LogP contribution in [0, 0.1) is 11.8 Å². The van der Waals surface area contributed by atoms with E-state index in [1.54, 1.807) is 0 Å². The summed E-state index contributed by atoms with van der Waals surface area (Å²) in [4.78, 5) is 13.8. The van der Waals surface area contributed by atoms with Crippen LogP contribution in [0.3, 0.4) is 0 Å². The number of hydrogen-bond acceptors (Lipinski definition) is 2. The molecule has 0 atom stereocenters. The Balaban J connectivity index is 1.76. The van der Waals surface area contributed by atoms with Crippen LogP contribution in [-0.2, 0) is 11.2 Å². The molecular formula is C17H24BrNO2. The first-order valence-electron chi connectivity index (χ1n) is 7.70. The molecule has 2 rings (SSSR count). The SMILES string of the molecule is CC(C)COC(=O)N1CCC(Cc2cccc(Br)c2)CC1. The molecule has 0 spiro atoms. The van der Waals surface area contributed by atoms with Crippen LogP contribution in [0.2, 0.25) is 0 Å². The van der Waals surface area contributed by atoms with Crippen LogP contribution in [0.15, 0.2) is 28.7 Å². The van der Waals surface area contributed by atoms with Crippen molar-refractivity contribution in [2.45, 2.75) is 33.1 Å². The second-order valence-corrected chi connectivity index (χ2v) is 7.15. The van der Waals surface area contributed by atoms with E-state index in [1.807, 2.05) is 4.90 Å². The van der Waals surface area contributed by atoms with E-state index in [-0.39, 0.29) is 6.09 Å². The Morgan fingerprint density at radius 3 is 2.71 bits per heavy atom. The Hall–Kier alpha value is -1.03. The zero-order valence-electron chi connectivity index (χ0n) is 12.8. The molecule has 0 aliphatic carbocycles. The van der Waals surface area contributed by atoms with Gasteiger partial charge in [-0.05, 0) is 48.8 Å². The Morgan fingerprint density at radius 2 is 2.10 bits per heavy atom. The molecule has 1 fully saturated rings. The number of carbonyl (C=O) groups is 1. The van der Waals surface area contributed by atoms with Gasteiger partial charge in [0.15, 0.2) is 0 Å². The van der Waals surface area contributed by atoms with E-state index < -0.39 is 0 Å². The molecule has 1 aromatic carbocycles. The number of likely N-dealkylation sites (tertiary alicyclic amines) is 1. The third-order valence-corrected chi connectivity index (χ3v) is 4.32. The maximum atomic E-state index is 11.9. The number of piperidine rings is 1. The van der Waals surface area contributed by atoms with Gasteiger partial charge in [0, 0.05) is 17.6 Å². The van der Waals surface area contributed by atoms with Crippen molar-refractivity contribution >= 4 is 22.0 Å². The largest absolute Gasteiger partial charge is 0.449 e. The number of nitrogens with zero attached hydrogens (tertiary/aromatic N) is 1. The highest BCUT2D eigenvalue weighted by Gasteiger charge is 2.24. The minimum absolute atomic E-state index is 0.149. The highest BCUT2D eigenvalue weighted by atomic mass is 79.9. The fourth-order valence-corrected chi connectivity index (χ4v) is 3.09. The second kappa shape index (κ2) is 7.83. The summed E-state index contributed by atoms with van der Waals surface area (Å²) in [6.45, 7) is 6.25. The Morgan fingerprint density at radius 1 is 1.38 bits per heavy atom. The van der Waals surface area contributed by atoms with E-state index >= 15 is 0 Å². The van der Waals surface area contributed by atoms with Crippen molar-refractivity contribution in [3.63, 3.8) is 0 Å². The molecule has 1 heterocycles. The number of ether oxygens (including phenoxy) is 1. The molecule has 0 N–H and O–H groups in total. The normalized spacial score (nSPS) is 16.3. The monoisotopic (exact) mass is 353 g/mol. The lowest BCUT2D eigenvalue weighted by atomic mass is 9.90. The predicted molar refractivity (Wildman–Crippen MR) is 88.3 cm³/mol. The second-order valence-electron chi connectivity index (χ2n) is 6.24. The maximum Gasteiger partial charge on any atom is 0.409 e. The first-order valence-corrected chi connectivity index (χ1v) is 8.50. The number of carbonyl (C=O) groups excluding carboxylic acids is 1. The van der Waals surface area contributed by atoms with E-state index in [4.69, 9.17) is 4.74 Å². The van der Waals surface area contributed by atoms with E-state index in [1.165, 1.54) is 5.56 Å². The Bertz CT molecular complexity index is 468. The van der Waals surface area contributed by atoms with Crippen LogP contribution in [0.4, 0.5) is 4.79 Å². The van der Waals surface area contributed by atoms with Gasteiger partial charge in [-0.2, -0.15) is 0 Å². The lowest BCUT2D eigenvalue weighted by molar-refractivity contribution is 0.0790. The first kappa shape index (κ1) is 16.3. The summed E-state index contributed by atoms with van der Waals surface area (Å²) in [5.74, 6) is 1.05. The molecule has 0 bridgehead atoms. The van der Waals surface area contributed by atoms with Crippen LogP contribution in [0.25, 0.3) is 0 Å². The summed E-state index contributed by atoms with van der Waals surface area (Å²) in [5.41, 5.74) is 1.37. The van der Waals surface area contributed by atoms with Gasteiger partial charge in [-0.15, -0.1) is 0 Å². The van der Waals surface area contributed by atoms with Crippen LogP contribution in [0.1, 0.15) is 32.3 Å². The Labute approximate surface area is 135 Å². The molecular weight excluding hydrogens is 330 g/mol. The van der Waals surface area contributed by atoms with Gasteiger partial charge in [0.25, 0.3) is 0 Å². The summed E-state index contributed by atoms with van der Waals surface area (Å²) < 4.78 is 6.43. The third kappa shape index (κ3) is 5.34. The van der Waals surface area contributed by atoms with Crippen LogP contribution >= 0.6 is 15.9 Å². The van der Waals surface area contributed by atoms with Gasteiger partial charge in [-0.25, -0.2) is 4.79 Å². The van der Waals surface area contributed by atoms with Gasteiger partial charge in [0.1, 0.15) is 0 Å². The number of rotatable bonds is 4. The molecule has 4 heteroatoms. The average Bonchev–Trinajstić information content (AvgIpc) is 2.45. The minimum Gasteiger partial charge on any atom is -0.449 e. The van der Waals surface area contributed by atoms with Crippen LogP contribution < -0.4 is 0 Å². The highest BCUT2D eigenvalue weighted by Crippen LogP contribution is 2.23. The summed E-state index contributed by atoms with van der Waals surface area (Å²) in [6, 6.07) is 8.49. The van der Waals surface area contributed by atoms with E-state index in [9.17, 15) is 4.79 Å². The van der Waals surface area contributed by atoms with Crippen molar-refractivity contribution in [3.8, 4) is 0 Å². The molecule has 1 saturated heterocycles. The number of halogens is 1. The molecule has 0 aromatic heterocycles. The van der Waals surface area contributed by atoms with Gasteiger partial charge in [0.05, 0.1) is 6.61 Å². The quantitative estimate of drug-likeness (QED) is 0.797. The van der Waals surface area contributed by atoms with Crippen molar-refractivity contribution in [2.24, 2.45) is 11.8 Å². The van der Waals surface area contributed by atoms with Crippen molar-refractivity contribution in [3.05, 3.63) is 34.3 Å². The molecule has 0 unspecified atom stereocenters. The summed E-state index contributed by atoms with van der Waals surface area (Å²) in [5, 5.41) is 0. The van der Waals surface area contributed by atoms with Gasteiger partial charge in [-0.3, -0.25) is 0 Å². The predicted octanol–water partition coefficient (Wildman–Crippen LogP) is 4.50. The third-order valence-electron chi connectivity index (χ3n) is 3.83. The van der Waals surface area contributed by atoms with Gasteiger partial charge in [-0.1, -0.05) is 41.9 Å². The Kier molecular flexibility index (Phi) is 6.09. The number of amides is 1. The molecule has 3 nitrogen and oxygen atoms in total. The van der Waals surface area contributed by atoms with E-state index in [0.717, 1.165) is 36.8 Å². The lowest BCUT2D eigenvalue weighted by Crippen LogP contribution is -2.39. The van der Waals surface area contributed by atoms with Crippen LogP contribution in [-0.4, -0.2) is 30.7 Å². The van der Waals surface area contributed by atoms with Gasteiger partial charge < -0.3 is 9.64 Å². The van der Waals surface area contributed by atoms with Gasteiger partial charge >= 0.3 is 6.09 Å². The fourth-order valence-electron chi connectivity index (χ4n) is 2.65. The van der Waals surface area contributed by atoms with Gasteiger partial charge in [0.2, 0.25) is 0 Å². The molecule has 1 aliphatic heterocycles. The average molecular weight is 354 g/mol. The zero-order chi connectivity index (χ0) is 15.2. The van der Waals surface area contributed by atoms with Crippen molar-refractivity contribution in [1.29, 1.82) is 0 Å². The molecule has 1 aliphatic rings. The topological polar surface area (TPSA) is 29.5 Å². The first-order chi connectivity index (χ1) is 10.0. The molecule has 116 valence electrons. The van der Waals surface area contributed by atoms with Crippen molar-refractivity contribution in [1.82, 2.24) is 4.90 Å². The summed E-state index contributed by atoms with van der Waals surface area (Å²) in [7, 11) is 0. The summed E-state index contributed by atoms with van der Waals surface area (Å²) >= 11 is 3.52. The van der Waals surface area contributed by atoms with E-state index in [2.05, 4.69) is 54.0 Å². The van der Waals surface area contributed by atoms with Crippen molar-refractivity contribution in [2.75, 3.05) is 19.7 Å². The standard InChI is InChI=1S/C17H24BrNO2/c1-13(2)12-21-17(20)19-8-6-14(7-9-19)10-15-4-3-5-16(18)11-15/h3-5,11,13-14H,6-10,12H2,1-2H3. The van der Waals surface area contributed by atoms with Crippen molar-refractivity contribution < 1.29 is 9.53 Å². The molecule has 1 amide bonds. The number of benzene rings is 1. The fraction of sp³-hybridized carbons (Fsp3) is 0.588. The molecule has 1 aromatic rings. The number of hydrogen-bond donors (Lipinski definition) is 0. The molecule has 0 radical (unpaired) electrons. The smallest absolute Gasteiger partial charge is 0.409 e. The van der Waals surface area contributed by atoms with Crippen LogP contribution in [0.5, 0.6) is 0 Å². The van der Waals surface area contributed by atoms with E-state index in [0.29, 0.717) is 18.4 Å².